The first-order chi connectivity index (χ1) is 13.1. The molecule has 0 aromatic heterocycles. The van der Waals surface area contributed by atoms with Gasteiger partial charge in [0.15, 0.2) is 0 Å². The van der Waals surface area contributed by atoms with Crippen LogP contribution in [-0.4, -0.2) is 40.8 Å². The number of nitrogens with one attached hydrogen (secondary N) is 1. The molecule has 0 fully saturated rings. The van der Waals surface area contributed by atoms with Crippen LogP contribution in [0.5, 0.6) is 11.5 Å². The highest BCUT2D eigenvalue weighted by Crippen LogP contribution is 2.35. The molecule has 0 radical (unpaired) electrons. The number of hydrogen-bond donors (Lipinski definition) is 1. The molecule has 2 rings (SSSR count). The summed E-state index contributed by atoms with van der Waals surface area (Å²) >= 11 is 12.0. The summed E-state index contributed by atoms with van der Waals surface area (Å²) in [7, 11) is -0.995. The highest BCUT2D eigenvalue weighted by Gasteiger charge is 2.32. The second-order valence-corrected chi connectivity index (χ2v) is 8.59. The fourth-order valence-corrected chi connectivity index (χ4v) is 4.09. The Bertz CT molecular complexity index is 982. The number of amides is 1. The summed E-state index contributed by atoms with van der Waals surface area (Å²) in [6, 6.07) is 8.13. The van der Waals surface area contributed by atoms with E-state index in [4.69, 9.17) is 32.7 Å². The molecule has 0 saturated heterocycles. The van der Waals surface area contributed by atoms with E-state index >= 15 is 0 Å². The maximum atomic E-state index is 12.8. The Morgan fingerprint density at radius 2 is 1.79 bits per heavy atom. The van der Waals surface area contributed by atoms with E-state index in [9.17, 15) is 13.2 Å². The second kappa shape index (κ2) is 8.89. The zero-order valence-electron chi connectivity index (χ0n) is 15.7. The smallest absolute Gasteiger partial charge is 0.248 e. The summed E-state index contributed by atoms with van der Waals surface area (Å²) in [4.78, 5) is 12.8. The molecule has 0 aliphatic heterocycles. The zero-order valence-corrected chi connectivity index (χ0v) is 18.0. The molecule has 1 amide bonds. The minimum Gasteiger partial charge on any atom is -0.497 e. The van der Waals surface area contributed by atoms with Gasteiger partial charge in [-0.3, -0.25) is 9.10 Å². The van der Waals surface area contributed by atoms with E-state index in [0.717, 1.165) is 10.6 Å². The molecule has 0 spiro atoms. The maximum absolute atomic E-state index is 12.8. The number of halogens is 2. The van der Waals surface area contributed by atoms with Crippen LogP contribution in [0.25, 0.3) is 0 Å². The second-order valence-electron chi connectivity index (χ2n) is 5.89. The van der Waals surface area contributed by atoms with E-state index in [1.807, 2.05) is 0 Å². The van der Waals surface area contributed by atoms with Crippen LogP contribution in [0, 0.1) is 0 Å². The fraction of sp³-hybridized carbons (Fsp3) is 0.278. The lowest BCUT2D eigenvalue weighted by Gasteiger charge is -2.29. The molecule has 2 aromatic carbocycles. The molecule has 2 aromatic rings. The molecule has 0 aliphatic carbocycles. The molecule has 0 bridgehead atoms. The molecule has 7 nitrogen and oxygen atoms in total. The maximum Gasteiger partial charge on any atom is 0.248 e. The third-order valence-corrected chi connectivity index (χ3v) is 5.69. The number of ether oxygens (including phenoxy) is 2. The monoisotopic (exact) mass is 446 g/mol. The molecule has 152 valence electrons. The van der Waals surface area contributed by atoms with Crippen molar-refractivity contribution < 1.29 is 22.7 Å². The molecule has 0 aliphatic rings. The fourth-order valence-electron chi connectivity index (χ4n) is 2.58. The Kier molecular flexibility index (Phi) is 7.03. The van der Waals surface area contributed by atoms with Crippen molar-refractivity contribution in [1.82, 2.24) is 0 Å². The molecule has 0 heterocycles. The van der Waals surface area contributed by atoms with Crippen LogP contribution in [0.3, 0.4) is 0 Å². The van der Waals surface area contributed by atoms with Gasteiger partial charge in [0.25, 0.3) is 0 Å². The number of anilines is 2. The van der Waals surface area contributed by atoms with E-state index in [1.165, 1.54) is 39.3 Å². The van der Waals surface area contributed by atoms with E-state index in [1.54, 1.807) is 18.2 Å². The largest absolute Gasteiger partial charge is 0.497 e. The van der Waals surface area contributed by atoms with Gasteiger partial charge in [0, 0.05) is 11.1 Å². The third kappa shape index (κ3) is 5.01. The predicted molar refractivity (Wildman–Crippen MR) is 111 cm³/mol. The number of carbonyl (C=O) groups is 1. The minimum absolute atomic E-state index is 0.171. The van der Waals surface area contributed by atoms with E-state index in [2.05, 4.69) is 5.32 Å². The lowest BCUT2D eigenvalue weighted by Crippen LogP contribution is -2.45. The number of carbonyl (C=O) groups excluding carboxylic acids is 1. The van der Waals surface area contributed by atoms with Gasteiger partial charge in [-0.2, -0.15) is 0 Å². The minimum atomic E-state index is -3.85. The van der Waals surface area contributed by atoms with Gasteiger partial charge in [0.05, 0.1) is 36.9 Å². The van der Waals surface area contributed by atoms with Crippen molar-refractivity contribution in [3.63, 3.8) is 0 Å². The zero-order chi connectivity index (χ0) is 21.1. The first kappa shape index (κ1) is 22.1. The normalized spacial score (nSPS) is 12.2. The average molecular weight is 447 g/mol. The van der Waals surface area contributed by atoms with Crippen molar-refractivity contribution in [3.8, 4) is 11.5 Å². The third-order valence-electron chi connectivity index (χ3n) is 3.90. The quantitative estimate of drug-likeness (QED) is 0.698. The van der Waals surface area contributed by atoms with Crippen LogP contribution in [0.1, 0.15) is 6.92 Å². The highest BCUT2D eigenvalue weighted by atomic mass is 35.5. The van der Waals surface area contributed by atoms with Crippen molar-refractivity contribution in [1.29, 1.82) is 0 Å². The van der Waals surface area contributed by atoms with E-state index < -0.39 is 22.0 Å². The van der Waals surface area contributed by atoms with Gasteiger partial charge in [0.2, 0.25) is 15.9 Å². The Balaban J connectivity index is 2.46. The van der Waals surface area contributed by atoms with Gasteiger partial charge in [-0.05, 0) is 37.3 Å². The lowest BCUT2D eigenvalue weighted by molar-refractivity contribution is -0.116. The first-order valence-corrected chi connectivity index (χ1v) is 10.7. The summed E-state index contributed by atoms with van der Waals surface area (Å²) in [5, 5.41) is 3.26. The number of nitrogens with zero attached hydrogens (tertiary/aromatic N) is 1. The van der Waals surface area contributed by atoms with Gasteiger partial charge in [-0.15, -0.1) is 0 Å². The van der Waals surface area contributed by atoms with Gasteiger partial charge in [0.1, 0.15) is 17.5 Å². The summed E-state index contributed by atoms with van der Waals surface area (Å²) < 4.78 is 36.4. The SMILES string of the molecule is COc1ccc(OC)c(N([C@H](C)C(=O)Nc2cc(Cl)ccc2Cl)S(C)(=O)=O)c1. The van der Waals surface area contributed by atoms with Crippen LogP contribution in [-0.2, 0) is 14.8 Å². The summed E-state index contributed by atoms with van der Waals surface area (Å²) in [6.45, 7) is 1.45. The van der Waals surface area contributed by atoms with E-state index in [0.29, 0.717) is 10.8 Å². The van der Waals surface area contributed by atoms with Crippen molar-refractivity contribution in [2.75, 3.05) is 30.1 Å². The van der Waals surface area contributed by atoms with Gasteiger partial charge in [-0.1, -0.05) is 23.2 Å². The van der Waals surface area contributed by atoms with Gasteiger partial charge in [-0.25, -0.2) is 8.42 Å². The molecular weight excluding hydrogens is 427 g/mol. The summed E-state index contributed by atoms with van der Waals surface area (Å²) in [5.74, 6) is 0.0843. The van der Waals surface area contributed by atoms with Crippen LogP contribution in [0.4, 0.5) is 11.4 Å². The standard InChI is InChI=1S/C18H20Cl2N2O5S/c1-11(18(23)21-15-9-12(19)5-7-14(15)20)22(28(4,24)25)16-10-13(26-2)6-8-17(16)27-3/h5-11H,1-4H3,(H,21,23)/t11-/m1/s1. The molecule has 0 unspecified atom stereocenters. The Hall–Kier alpha value is -2.16. The molecule has 1 N–H and O–H groups in total. The molecule has 28 heavy (non-hydrogen) atoms. The Morgan fingerprint density at radius 1 is 1.11 bits per heavy atom. The van der Waals surface area contributed by atoms with Crippen LogP contribution < -0.4 is 19.1 Å². The molecule has 10 heteroatoms. The number of methoxy groups -OCH3 is 2. The van der Waals surface area contributed by atoms with E-state index in [-0.39, 0.29) is 22.1 Å². The number of rotatable bonds is 7. The Morgan fingerprint density at radius 3 is 2.36 bits per heavy atom. The molecular formula is C18H20Cl2N2O5S. The van der Waals surface area contributed by atoms with Crippen molar-refractivity contribution in [2.24, 2.45) is 0 Å². The molecule has 1 atom stereocenters. The average Bonchev–Trinajstić information content (AvgIpc) is 2.63. The summed E-state index contributed by atoms with van der Waals surface area (Å²) in [5.41, 5.74) is 0.446. The van der Waals surface area contributed by atoms with Crippen LogP contribution in [0.15, 0.2) is 36.4 Å². The number of sulfonamides is 1. The van der Waals surface area contributed by atoms with Crippen molar-refractivity contribution in [3.05, 3.63) is 46.4 Å². The van der Waals surface area contributed by atoms with Gasteiger partial charge >= 0.3 is 0 Å². The first-order valence-electron chi connectivity index (χ1n) is 8.05. The predicted octanol–water partition coefficient (Wildman–Crippen LogP) is 3.80. The Labute approximate surface area is 174 Å². The summed E-state index contributed by atoms with van der Waals surface area (Å²) in [6.07, 6.45) is 1.00. The molecule has 0 saturated carbocycles. The van der Waals surface area contributed by atoms with Crippen molar-refractivity contribution >= 4 is 50.5 Å². The topological polar surface area (TPSA) is 84.9 Å². The van der Waals surface area contributed by atoms with Gasteiger partial charge < -0.3 is 14.8 Å². The van der Waals surface area contributed by atoms with Crippen LogP contribution >= 0.6 is 23.2 Å². The van der Waals surface area contributed by atoms with Crippen molar-refractivity contribution in [2.45, 2.75) is 13.0 Å². The number of benzene rings is 2. The van der Waals surface area contributed by atoms with Crippen LogP contribution in [0.2, 0.25) is 10.0 Å². The highest BCUT2D eigenvalue weighted by molar-refractivity contribution is 7.92. The number of hydrogen-bond acceptors (Lipinski definition) is 5. The lowest BCUT2D eigenvalue weighted by atomic mass is 10.2.